The van der Waals surface area contributed by atoms with Crippen molar-refractivity contribution in [2.24, 2.45) is 0 Å². The van der Waals surface area contributed by atoms with Crippen LogP contribution < -0.4 is 5.32 Å². The van der Waals surface area contributed by atoms with Crippen LogP contribution in [0.15, 0.2) is 78.9 Å². The summed E-state index contributed by atoms with van der Waals surface area (Å²) in [4.78, 5) is 28.8. The van der Waals surface area contributed by atoms with Crippen molar-refractivity contribution in [1.29, 1.82) is 0 Å². The largest absolute Gasteiger partial charge is 0.350 e. The molecular formula is C31H37FN2O2. The van der Waals surface area contributed by atoms with Crippen LogP contribution in [0.1, 0.15) is 56.4 Å². The van der Waals surface area contributed by atoms with Crippen molar-refractivity contribution in [2.45, 2.75) is 71.5 Å². The van der Waals surface area contributed by atoms with Gasteiger partial charge in [0.25, 0.3) is 0 Å². The first-order valence-corrected chi connectivity index (χ1v) is 12.6. The van der Waals surface area contributed by atoms with Crippen LogP contribution in [0.2, 0.25) is 0 Å². The molecule has 2 amide bonds. The number of halogens is 1. The summed E-state index contributed by atoms with van der Waals surface area (Å²) < 4.78 is 14.7. The van der Waals surface area contributed by atoms with Crippen LogP contribution in [0, 0.1) is 5.82 Å². The maximum Gasteiger partial charge on any atom is 0.243 e. The van der Waals surface area contributed by atoms with Crippen molar-refractivity contribution in [3.8, 4) is 0 Å². The molecule has 0 saturated heterocycles. The van der Waals surface area contributed by atoms with Crippen LogP contribution >= 0.6 is 0 Å². The Labute approximate surface area is 214 Å². The van der Waals surface area contributed by atoms with Crippen molar-refractivity contribution in [2.75, 3.05) is 0 Å². The van der Waals surface area contributed by atoms with E-state index in [4.69, 9.17) is 0 Å². The fraction of sp³-hybridized carbons (Fsp3) is 0.355. The molecule has 0 bridgehead atoms. The van der Waals surface area contributed by atoms with Crippen molar-refractivity contribution < 1.29 is 14.0 Å². The maximum atomic E-state index is 14.7. The van der Waals surface area contributed by atoms with Crippen molar-refractivity contribution in [3.05, 3.63) is 107 Å². The molecule has 36 heavy (non-hydrogen) atoms. The van der Waals surface area contributed by atoms with Crippen LogP contribution in [0.25, 0.3) is 0 Å². The molecule has 4 nitrogen and oxygen atoms in total. The predicted molar refractivity (Wildman–Crippen MR) is 143 cm³/mol. The van der Waals surface area contributed by atoms with Gasteiger partial charge in [-0.3, -0.25) is 9.59 Å². The molecule has 0 heterocycles. The minimum atomic E-state index is -0.777. The summed E-state index contributed by atoms with van der Waals surface area (Å²) in [6.07, 6.45) is 2.08. The number of aryl methyl sites for hydroxylation is 2. The lowest BCUT2D eigenvalue weighted by atomic mass is 9.99. The normalized spacial score (nSPS) is 12.1. The van der Waals surface area contributed by atoms with Gasteiger partial charge in [-0.1, -0.05) is 79.7 Å². The smallest absolute Gasteiger partial charge is 0.243 e. The molecule has 190 valence electrons. The molecule has 0 fully saturated rings. The molecule has 0 spiro atoms. The summed E-state index contributed by atoms with van der Waals surface area (Å²) in [7, 11) is 0. The predicted octanol–water partition coefficient (Wildman–Crippen LogP) is 5.88. The number of hydrogen-bond donors (Lipinski definition) is 1. The Balaban J connectivity index is 1.92. The van der Waals surface area contributed by atoms with E-state index in [9.17, 15) is 14.0 Å². The van der Waals surface area contributed by atoms with Gasteiger partial charge in [0.15, 0.2) is 0 Å². The van der Waals surface area contributed by atoms with Gasteiger partial charge in [-0.25, -0.2) is 4.39 Å². The summed E-state index contributed by atoms with van der Waals surface area (Å²) in [5, 5.41) is 3.04. The van der Waals surface area contributed by atoms with Gasteiger partial charge < -0.3 is 10.2 Å². The first-order valence-electron chi connectivity index (χ1n) is 12.6. The molecular weight excluding hydrogens is 451 g/mol. The molecule has 3 aromatic carbocycles. The Morgan fingerprint density at radius 1 is 0.861 bits per heavy atom. The second-order valence-electron chi connectivity index (χ2n) is 10.2. The van der Waals surface area contributed by atoms with Gasteiger partial charge in [-0.05, 0) is 56.4 Å². The number of hydrogen-bond acceptors (Lipinski definition) is 2. The van der Waals surface area contributed by atoms with Gasteiger partial charge in [-0.15, -0.1) is 0 Å². The molecule has 1 atom stereocenters. The van der Waals surface area contributed by atoms with Gasteiger partial charge in [-0.2, -0.15) is 0 Å². The number of carbonyl (C=O) groups is 2. The Kier molecular flexibility index (Phi) is 9.40. The highest BCUT2D eigenvalue weighted by Crippen LogP contribution is 2.19. The molecule has 0 radical (unpaired) electrons. The molecule has 1 N–H and O–H groups in total. The number of benzene rings is 3. The molecule has 3 rings (SSSR count). The van der Waals surface area contributed by atoms with E-state index >= 15 is 0 Å². The maximum absolute atomic E-state index is 14.7. The zero-order valence-corrected chi connectivity index (χ0v) is 21.8. The van der Waals surface area contributed by atoms with E-state index in [-0.39, 0.29) is 30.6 Å². The average Bonchev–Trinajstić information content (AvgIpc) is 2.85. The van der Waals surface area contributed by atoms with E-state index in [1.807, 2.05) is 63.2 Å². The van der Waals surface area contributed by atoms with Gasteiger partial charge in [0, 0.05) is 30.5 Å². The van der Waals surface area contributed by atoms with Crippen molar-refractivity contribution in [3.63, 3.8) is 0 Å². The van der Waals surface area contributed by atoms with Gasteiger partial charge in [0.1, 0.15) is 11.9 Å². The quantitative estimate of drug-likeness (QED) is 0.388. The van der Waals surface area contributed by atoms with E-state index in [0.29, 0.717) is 18.4 Å². The number of carbonyl (C=O) groups excluding carboxylic acids is 2. The van der Waals surface area contributed by atoms with E-state index in [1.54, 1.807) is 23.1 Å². The number of rotatable bonds is 10. The molecule has 0 aliphatic carbocycles. The van der Waals surface area contributed by atoms with Crippen LogP contribution in [-0.2, 0) is 35.4 Å². The Morgan fingerprint density at radius 2 is 1.47 bits per heavy atom. The molecule has 0 saturated carbocycles. The third kappa shape index (κ3) is 8.04. The standard InChI is InChI=1S/C31H37FN2O2/c1-5-23-15-17-24(18-16-23)19-20-29(35)34(22-26-13-9-10-14-27(26)32)28(30(36)33-31(2,3)4)21-25-11-7-6-8-12-25/h6-18,28H,5,19-22H2,1-4H3,(H,33,36)/t28-/m0/s1. The van der Waals surface area contributed by atoms with Crippen LogP contribution in [0.3, 0.4) is 0 Å². The second kappa shape index (κ2) is 12.5. The summed E-state index contributed by atoms with van der Waals surface area (Å²) in [6.45, 7) is 7.86. The molecule has 0 unspecified atom stereocenters. The summed E-state index contributed by atoms with van der Waals surface area (Å²) in [5.74, 6) is -0.814. The topological polar surface area (TPSA) is 49.4 Å². The van der Waals surface area contributed by atoms with Gasteiger partial charge in [0.05, 0.1) is 0 Å². The zero-order chi connectivity index (χ0) is 26.1. The Morgan fingerprint density at radius 3 is 2.08 bits per heavy atom. The van der Waals surface area contributed by atoms with Crippen LogP contribution in [0.4, 0.5) is 4.39 Å². The molecule has 0 aliphatic heterocycles. The van der Waals surface area contributed by atoms with Crippen LogP contribution in [-0.4, -0.2) is 28.3 Å². The van der Waals surface area contributed by atoms with Crippen LogP contribution in [0.5, 0.6) is 0 Å². The Bertz CT molecular complexity index is 1140. The fourth-order valence-electron chi connectivity index (χ4n) is 4.15. The zero-order valence-electron chi connectivity index (χ0n) is 21.8. The summed E-state index contributed by atoms with van der Waals surface area (Å²) >= 11 is 0. The Hall–Kier alpha value is -3.47. The van der Waals surface area contributed by atoms with E-state index in [0.717, 1.165) is 17.5 Å². The third-order valence-electron chi connectivity index (χ3n) is 6.13. The monoisotopic (exact) mass is 488 g/mol. The van der Waals surface area contributed by atoms with E-state index in [1.165, 1.54) is 11.6 Å². The molecule has 0 aliphatic rings. The van der Waals surface area contributed by atoms with Gasteiger partial charge in [0.2, 0.25) is 11.8 Å². The lowest BCUT2D eigenvalue weighted by Crippen LogP contribution is -2.54. The highest BCUT2D eigenvalue weighted by molar-refractivity contribution is 5.88. The third-order valence-corrected chi connectivity index (χ3v) is 6.13. The second-order valence-corrected chi connectivity index (χ2v) is 10.2. The fourth-order valence-corrected chi connectivity index (χ4v) is 4.15. The van der Waals surface area contributed by atoms with Crippen molar-refractivity contribution in [1.82, 2.24) is 10.2 Å². The van der Waals surface area contributed by atoms with E-state index < -0.39 is 11.6 Å². The first kappa shape index (κ1) is 27.1. The number of nitrogens with zero attached hydrogens (tertiary/aromatic N) is 1. The molecule has 0 aromatic heterocycles. The lowest BCUT2D eigenvalue weighted by molar-refractivity contribution is -0.142. The first-order chi connectivity index (χ1) is 17.2. The summed E-state index contributed by atoms with van der Waals surface area (Å²) in [6, 6.07) is 23.5. The SMILES string of the molecule is CCc1ccc(CCC(=O)N(Cc2ccccc2F)[C@@H](Cc2ccccc2)C(=O)NC(C)(C)C)cc1. The molecule has 3 aromatic rings. The minimum absolute atomic E-state index is 0.0232. The highest BCUT2D eigenvalue weighted by atomic mass is 19.1. The average molecular weight is 489 g/mol. The highest BCUT2D eigenvalue weighted by Gasteiger charge is 2.32. The lowest BCUT2D eigenvalue weighted by Gasteiger charge is -2.34. The number of nitrogens with one attached hydrogen (secondary N) is 1. The van der Waals surface area contributed by atoms with Gasteiger partial charge >= 0.3 is 0 Å². The van der Waals surface area contributed by atoms with E-state index in [2.05, 4.69) is 24.4 Å². The minimum Gasteiger partial charge on any atom is -0.350 e. The number of amides is 2. The van der Waals surface area contributed by atoms with Crippen molar-refractivity contribution >= 4 is 11.8 Å². The molecule has 5 heteroatoms. The summed E-state index contributed by atoms with van der Waals surface area (Å²) in [5.41, 5.74) is 3.16.